The van der Waals surface area contributed by atoms with Gasteiger partial charge in [-0.1, -0.05) is 13.8 Å². The summed E-state index contributed by atoms with van der Waals surface area (Å²) in [6.45, 7) is 9.68. The number of aryl methyl sites for hydroxylation is 1. The average molecular weight is 249 g/mol. The Balaban J connectivity index is 2.97. The molecule has 0 aliphatic carbocycles. The Morgan fingerprint density at radius 2 is 2.17 bits per heavy atom. The van der Waals surface area contributed by atoms with Gasteiger partial charge in [0, 0.05) is 32.0 Å². The van der Waals surface area contributed by atoms with E-state index in [1.807, 2.05) is 27.0 Å². The standard InChI is InChI=1S/C14H23N3O/c1-6-15-13-7-11(4)16-8-12(13)14(18)17(5)9-10(2)3/h7-8,10H,6,9H2,1-5H3,(H,15,16). The second kappa shape index (κ2) is 6.38. The zero-order valence-electron chi connectivity index (χ0n) is 11.9. The van der Waals surface area contributed by atoms with Gasteiger partial charge in [0.15, 0.2) is 0 Å². The summed E-state index contributed by atoms with van der Waals surface area (Å²) in [5, 5.41) is 3.22. The summed E-state index contributed by atoms with van der Waals surface area (Å²) < 4.78 is 0. The van der Waals surface area contributed by atoms with Gasteiger partial charge in [0.2, 0.25) is 0 Å². The molecule has 0 saturated carbocycles. The lowest BCUT2D eigenvalue weighted by Gasteiger charge is -2.21. The minimum absolute atomic E-state index is 0.0205. The largest absolute Gasteiger partial charge is 0.385 e. The lowest BCUT2D eigenvalue weighted by Crippen LogP contribution is -2.31. The van der Waals surface area contributed by atoms with Gasteiger partial charge in [-0.2, -0.15) is 0 Å². The van der Waals surface area contributed by atoms with Gasteiger partial charge < -0.3 is 10.2 Å². The summed E-state index contributed by atoms with van der Waals surface area (Å²) in [5.41, 5.74) is 2.42. The highest BCUT2D eigenvalue weighted by atomic mass is 16.2. The molecule has 1 aromatic rings. The number of pyridine rings is 1. The van der Waals surface area contributed by atoms with Crippen molar-refractivity contribution >= 4 is 11.6 Å². The zero-order valence-corrected chi connectivity index (χ0v) is 11.9. The third kappa shape index (κ3) is 3.72. The molecule has 1 N–H and O–H groups in total. The third-order valence-electron chi connectivity index (χ3n) is 2.62. The van der Waals surface area contributed by atoms with E-state index in [9.17, 15) is 4.79 Å². The predicted octanol–water partition coefficient (Wildman–Crippen LogP) is 2.55. The topological polar surface area (TPSA) is 45.2 Å². The minimum Gasteiger partial charge on any atom is -0.385 e. The van der Waals surface area contributed by atoms with Gasteiger partial charge in [-0.25, -0.2) is 0 Å². The highest BCUT2D eigenvalue weighted by Gasteiger charge is 2.17. The van der Waals surface area contributed by atoms with Crippen molar-refractivity contribution in [3.8, 4) is 0 Å². The fourth-order valence-electron chi connectivity index (χ4n) is 1.90. The first kappa shape index (κ1) is 14.5. The summed E-state index contributed by atoms with van der Waals surface area (Å²) >= 11 is 0. The number of amides is 1. The summed E-state index contributed by atoms with van der Waals surface area (Å²) in [5.74, 6) is 0.479. The van der Waals surface area contributed by atoms with Crippen LogP contribution in [0.5, 0.6) is 0 Å². The van der Waals surface area contributed by atoms with Crippen LogP contribution in [-0.4, -0.2) is 35.9 Å². The molecule has 1 heterocycles. The lowest BCUT2D eigenvalue weighted by molar-refractivity contribution is 0.0779. The van der Waals surface area contributed by atoms with E-state index >= 15 is 0 Å². The van der Waals surface area contributed by atoms with Gasteiger partial charge in [-0.05, 0) is 25.8 Å². The molecule has 4 nitrogen and oxygen atoms in total. The van der Waals surface area contributed by atoms with Crippen LogP contribution in [-0.2, 0) is 0 Å². The van der Waals surface area contributed by atoms with Gasteiger partial charge in [0.05, 0.1) is 11.3 Å². The van der Waals surface area contributed by atoms with Crippen LogP contribution in [0.3, 0.4) is 0 Å². The summed E-state index contributed by atoms with van der Waals surface area (Å²) in [6.07, 6.45) is 1.66. The van der Waals surface area contributed by atoms with Crippen molar-refractivity contribution in [3.63, 3.8) is 0 Å². The molecule has 1 aromatic heterocycles. The van der Waals surface area contributed by atoms with Crippen LogP contribution in [0.2, 0.25) is 0 Å². The molecule has 100 valence electrons. The Morgan fingerprint density at radius 1 is 1.50 bits per heavy atom. The maximum absolute atomic E-state index is 12.3. The molecular formula is C14H23N3O. The smallest absolute Gasteiger partial charge is 0.257 e. The van der Waals surface area contributed by atoms with E-state index in [1.165, 1.54) is 0 Å². The highest BCUT2D eigenvalue weighted by Crippen LogP contribution is 2.17. The Morgan fingerprint density at radius 3 is 2.72 bits per heavy atom. The molecular weight excluding hydrogens is 226 g/mol. The first-order valence-electron chi connectivity index (χ1n) is 6.41. The Kier molecular flexibility index (Phi) is 5.13. The molecule has 0 atom stereocenters. The number of anilines is 1. The molecule has 1 rings (SSSR count). The Bertz CT molecular complexity index is 416. The van der Waals surface area contributed by atoms with Gasteiger partial charge in [0.25, 0.3) is 5.91 Å². The van der Waals surface area contributed by atoms with Gasteiger partial charge >= 0.3 is 0 Å². The van der Waals surface area contributed by atoms with Crippen LogP contribution in [0.25, 0.3) is 0 Å². The van der Waals surface area contributed by atoms with Crippen LogP contribution in [0.4, 0.5) is 5.69 Å². The van der Waals surface area contributed by atoms with Crippen molar-refractivity contribution in [2.24, 2.45) is 5.92 Å². The van der Waals surface area contributed by atoms with E-state index in [-0.39, 0.29) is 5.91 Å². The summed E-state index contributed by atoms with van der Waals surface area (Å²) in [6, 6.07) is 1.92. The number of hydrogen-bond acceptors (Lipinski definition) is 3. The number of carbonyl (C=O) groups is 1. The number of rotatable bonds is 5. The quantitative estimate of drug-likeness (QED) is 0.872. The molecule has 4 heteroatoms. The summed E-state index contributed by atoms with van der Waals surface area (Å²) in [7, 11) is 1.83. The molecule has 0 aliphatic rings. The van der Waals surface area contributed by atoms with Crippen LogP contribution < -0.4 is 5.32 Å². The molecule has 0 spiro atoms. The summed E-state index contributed by atoms with van der Waals surface area (Å²) in [4.78, 5) is 18.3. The number of aromatic nitrogens is 1. The molecule has 0 bridgehead atoms. The Labute approximate surface area is 109 Å². The fourth-order valence-corrected chi connectivity index (χ4v) is 1.90. The van der Waals surface area contributed by atoms with E-state index in [1.54, 1.807) is 11.1 Å². The number of nitrogens with zero attached hydrogens (tertiary/aromatic N) is 2. The fraction of sp³-hybridized carbons (Fsp3) is 0.571. The second-order valence-corrected chi connectivity index (χ2v) is 4.98. The van der Waals surface area contributed by atoms with Crippen molar-refractivity contribution in [1.29, 1.82) is 0 Å². The number of carbonyl (C=O) groups excluding carboxylic acids is 1. The minimum atomic E-state index is 0.0205. The van der Waals surface area contributed by atoms with Crippen molar-refractivity contribution in [1.82, 2.24) is 9.88 Å². The van der Waals surface area contributed by atoms with E-state index in [4.69, 9.17) is 0 Å². The van der Waals surface area contributed by atoms with E-state index in [0.717, 1.165) is 24.5 Å². The normalized spacial score (nSPS) is 10.6. The van der Waals surface area contributed by atoms with Crippen molar-refractivity contribution in [2.75, 3.05) is 25.5 Å². The molecule has 0 fully saturated rings. The Hall–Kier alpha value is -1.58. The first-order valence-corrected chi connectivity index (χ1v) is 6.41. The molecule has 0 radical (unpaired) electrons. The second-order valence-electron chi connectivity index (χ2n) is 4.98. The van der Waals surface area contributed by atoms with Crippen LogP contribution in [0, 0.1) is 12.8 Å². The van der Waals surface area contributed by atoms with Gasteiger partial charge in [-0.15, -0.1) is 0 Å². The van der Waals surface area contributed by atoms with Gasteiger partial charge in [-0.3, -0.25) is 9.78 Å². The maximum Gasteiger partial charge on any atom is 0.257 e. The zero-order chi connectivity index (χ0) is 13.7. The van der Waals surface area contributed by atoms with E-state index in [0.29, 0.717) is 11.5 Å². The average Bonchev–Trinajstić information content (AvgIpc) is 2.28. The molecule has 18 heavy (non-hydrogen) atoms. The molecule has 0 aliphatic heterocycles. The molecule has 0 unspecified atom stereocenters. The van der Waals surface area contributed by atoms with Crippen molar-refractivity contribution in [2.45, 2.75) is 27.7 Å². The van der Waals surface area contributed by atoms with Gasteiger partial charge in [0.1, 0.15) is 0 Å². The van der Waals surface area contributed by atoms with E-state index < -0.39 is 0 Å². The van der Waals surface area contributed by atoms with Crippen molar-refractivity contribution in [3.05, 3.63) is 23.5 Å². The number of nitrogens with one attached hydrogen (secondary N) is 1. The van der Waals surface area contributed by atoms with Crippen LogP contribution in [0.15, 0.2) is 12.3 Å². The third-order valence-corrected chi connectivity index (χ3v) is 2.62. The van der Waals surface area contributed by atoms with Crippen LogP contribution in [0.1, 0.15) is 36.8 Å². The SMILES string of the molecule is CCNc1cc(C)ncc1C(=O)N(C)CC(C)C. The monoisotopic (exact) mass is 249 g/mol. The number of hydrogen-bond donors (Lipinski definition) is 1. The first-order chi connectivity index (χ1) is 8.45. The predicted molar refractivity (Wildman–Crippen MR) is 74.9 cm³/mol. The van der Waals surface area contributed by atoms with E-state index in [2.05, 4.69) is 24.1 Å². The molecule has 0 saturated heterocycles. The maximum atomic E-state index is 12.3. The molecule has 0 aromatic carbocycles. The molecule has 1 amide bonds. The van der Waals surface area contributed by atoms with Crippen LogP contribution >= 0.6 is 0 Å². The van der Waals surface area contributed by atoms with Crippen molar-refractivity contribution < 1.29 is 4.79 Å². The highest BCUT2D eigenvalue weighted by molar-refractivity contribution is 5.99. The lowest BCUT2D eigenvalue weighted by atomic mass is 10.1.